The third kappa shape index (κ3) is 0.934. The van der Waals surface area contributed by atoms with Crippen LogP contribution in [0.4, 0.5) is 10.7 Å². The molecule has 1 aliphatic rings. The lowest BCUT2D eigenvalue weighted by Gasteiger charge is -1.97. The lowest BCUT2D eigenvalue weighted by atomic mass is 10.5. The van der Waals surface area contributed by atoms with Crippen molar-refractivity contribution in [1.29, 1.82) is 0 Å². The zero-order valence-electron chi connectivity index (χ0n) is 6.68. The molecule has 0 radical (unpaired) electrons. The third-order valence-corrected chi connectivity index (χ3v) is 1.69. The van der Waals surface area contributed by atoms with E-state index in [0.717, 1.165) is 4.57 Å². The molecule has 0 aliphatic carbocycles. The molecule has 0 saturated heterocycles. The van der Waals surface area contributed by atoms with Gasteiger partial charge in [0.1, 0.15) is 0 Å². The molecule has 66 valence electrons. The van der Waals surface area contributed by atoms with Gasteiger partial charge in [-0.1, -0.05) is 0 Å². The van der Waals surface area contributed by atoms with Crippen LogP contribution in [0.5, 0.6) is 0 Å². The molecule has 13 heavy (non-hydrogen) atoms. The number of hydrogen-bond acceptors (Lipinski definition) is 4. The Morgan fingerprint density at radius 3 is 2.69 bits per heavy atom. The molecule has 2 amide bonds. The molecule has 1 aromatic heterocycles. The van der Waals surface area contributed by atoms with Gasteiger partial charge >= 0.3 is 6.03 Å². The van der Waals surface area contributed by atoms with Gasteiger partial charge in [-0.2, -0.15) is 15.0 Å². The van der Waals surface area contributed by atoms with E-state index >= 15 is 0 Å². The van der Waals surface area contributed by atoms with E-state index in [1.54, 1.807) is 0 Å². The summed E-state index contributed by atoms with van der Waals surface area (Å²) >= 11 is 0. The van der Waals surface area contributed by atoms with Crippen molar-refractivity contribution >= 4 is 12.0 Å². The molecule has 0 saturated carbocycles. The Bertz CT molecular complexity index is 570. The molecule has 0 fully saturated rings. The number of hydrogen-bond donors (Lipinski definition) is 1. The highest BCUT2D eigenvalue weighted by atomic mass is 16.2. The highest BCUT2D eigenvalue weighted by Gasteiger charge is 2.11. The van der Waals surface area contributed by atoms with E-state index in [-0.39, 0.29) is 16.8 Å². The average Bonchev–Trinajstić information content (AvgIpc) is 2.42. The maximum Gasteiger partial charge on any atom is 0.370 e. The molecule has 7 heteroatoms. The fourth-order valence-electron chi connectivity index (χ4n) is 0.982. The van der Waals surface area contributed by atoms with Crippen LogP contribution in [0, 0.1) is 0 Å². The normalized spacial score (nSPS) is 13.5. The van der Waals surface area contributed by atoms with Crippen LogP contribution in [-0.2, 0) is 7.05 Å². The second-order valence-corrected chi connectivity index (χ2v) is 2.51. The van der Waals surface area contributed by atoms with Crippen LogP contribution in [0.2, 0.25) is 0 Å². The molecule has 0 aromatic carbocycles. The van der Waals surface area contributed by atoms with Gasteiger partial charge in [-0.25, -0.2) is 4.79 Å². The van der Waals surface area contributed by atoms with Crippen molar-refractivity contribution in [3.05, 3.63) is 21.2 Å². The van der Waals surface area contributed by atoms with Gasteiger partial charge in [0, 0.05) is 7.05 Å². The zero-order valence-corrected chi connectivity index (χ0v) is 6.68. The fraction of sp³-hybridized carbons (Fsp3) is 0.167. The first-order valence-corrected chi connectivity index (χ1v) is 3.43. The summed E-state index contributed by atoms with van der Waals surface area (Å²) in [6, 6.07) is -0.717. The van der Waals surface area contributed by atoms with E-state index < -0.39 is 11.6 Å². The smallest absolute Gasteiger partial charge is 0.369 e. The first-order valence-electron chi connectivity index (χ1n) is 3.43. The number of nitrogens with two attached hydrogens (primary N) is 1. The number of carbonyl (C=O) groups excluding carboxylic acids is 1. The standard InChI is InChI=1S/C6H5N5O2/c1-11-4(12)2-3(9-5(11)7)10-6(13)8-2/h1H3,(H2,7,9,10,13). The van der Waals surface area contributed by atoms with Crippen LogP contribution in [0.15, 0.2) is 14.8 Å². The number of amides is 2. The number of nitrogen functional groups attached to an aromatic ring is 1. The summed E-state index contributed by atoms with van der Waals surface area (Å²) in [6.45, 7) is 0. The predicted molar refractivity (Wildman–Crippen MR) is 41.6 cm³/mol. The zero-order chi connectivity index (χ0) is 9.59. The molecule has 7 nitrogen and oxygen atoms in total. The summed E-state index contributed by atoms with van der Waals surface area (Å²) in [4.78, 5) is 32.6. The number of anilines is 1. The molecule has 1 aliphatic heterocycles. The number of nitrogens with zero attached hydrogens (tertiary/aromatic N) is 4. The summed E-state index contributed by atoms with van der Waals surface area (Å²) in [5.74, 6) is 0.0115. The van der Waals surface area contributed by atoms with Gasteiger partial charge in [0.05, 0.1) is 0 Å². The van der Waals surface area contributed by atoms with Crippen LogP contribution in [-0.4, -0.2) is 15.6 Å². The minimum atomic E-state index is -0.717. The minimum absolute atomic E-state index is 0.00519. The van der Waals surface area contributed by atoms with Crippen LogP contribution in [0.1, 0.15) is 0 Å². The lowest BCUT2D eigenvalue weighted by molar-refractivity contribution is 0.256. The summed E-state index contributed by atoms with van der Waals surface area (Å²) in [5, 5.41) is -0.0401. The van der Waals surface area contributed by atoms with Crippen molar-refractivity contribution in [2.45, 2.75) is 0 Å². The van der Waals surface area contributed by atoms with Gasteiger partial charge in [-0.05, 0) is 0 Å². The Labute approximate surface area is 71.3 Å². The average molecular weight is 179 g/mol. The van der Waals surface area contributed by atoms with Crippen molar-refractivity contribution in [2.75, 3.05) is 5.73 Å². The molecule has 1 aromatic rings. The van der Waals surface area contributed by atoms with Crippen molar-refractivity contribution in [3.63, 3.8) is 0 Å². The monoisotopic (exact) mass is 179 g/mol. The van der Waals surface area contributed by atoms with Crippen LogP contribution in [0.3, 0.4) is 0 Å². The van der Waals surface area contributed by atoms with Crippen molar-refractivity contribution in [3.8, 4) is 0 Å². The molecule has 2 rings (SSSR count). The van der Waals surface area contributed by atoms with Gasteiger partial charge < -0.3 is 5.73 Å². The third-order valence-electron chi connectivity index (χ3n) is 1.69. The Kier molecular flexibility index (Phi) is 1.30. The SMILES string of the molecule is Cn1c(N)nc2c(c1=O)=NC(=O)N=2. The molecule has 0 unspecified atom stereocenters. The highest BCUT2D eigenvalue weighted by Crippen LogP contribution is 1.84. The first-order chi connectivity index (χ1) is 6.09. The van der Waals surface area contributed by atoms with Crippen molar-refractivity contribution < 1.29 is 4.79 Å². The van der Waals surface area contributed by atoms with Gasteiger partial charge in [0.25, 0.3) is 5.56 Å². The molecule has 0 bridgehead atoms. The molecular weight excluding hydrogens is 174 g/mol. The summed E-state index contributed by atoms with van der Waals surface area (Å²) in [6.07, 6.45) is 0. The van der Waals surface area contributed by atoms with Crippen LogP contribution >= 0.6 is 0 Å². The van der Waals surface area contributed by atoms with E-state index in [4.69, 9.17) is 5.73 Å². The molecule has 0 atom stereocenters. The van der Waals surface area contributed by atoms with Gasteiger partial charge in [0.15, 0.2) is 10.8 Å². The molecule has 2 heterocycles. The Morgan fingerprint density at radius 1 is 1.31 bits per heavy atom. The van der Waals surface area contributed by atoms with E-state index in [9.17, 15) is 9.59 Å². The number of rotatable bonds is 0. The second-order valence-electron chi connectivity index (χ2n) is 2.51. The molecule has 2 N–H and O–H groups in total. The number of carbonyl (C=O) groups is 1. The van der Waals surface area contributed by atoms with E-state index in [1.807, 2.05) is 0 Å². The maximum atomic E-state index is 11.4. The summed E-state index contributed by atoms with van der Waals surface area (Å²) in [5.41, 5.74) is 4.92. The van der Waals surface area contributed by atoms with Gasteiger partial charge in [0.2, 0.25) is 5.95 Å². The molecule has 0 spiro atoms. The quantitative estimate of drug-likeness (QED) is 0.485. The Hall–Kier alpha value is -2.05. The first kappa shape index (κ1) is 7.59. The summed E-state index contributed by atoms with van der Waals surface area (Å²) < 4.78 is 1.11. The number of urea groups is 1. The second kappa shape index (κ2) is 2.22. The lowest BCUT2D eigenvalue weighted by Crippen LogP contribution is -2.45. The van der Waals surface area contributed by atoms with Crippen LogP contribution < -0.4 is 22.1 Å². The fourth-order valence-corrected chi connectivity index (χ4v) is 0.982. The van der Waals surface area contributed by atoms with E-state index in [2.05, 4.69) is 15.0 Å². The van der Waals surface area contributed by atoms with Crippen molar-refractivity contribution in [1.82, 2.24) is 9.55 Å². The number of aromatic nitrogens is 2. The Balaban J connectivity index is 3.08. The Morgan fingerprint density at radius 2 is 2.00 bits per heavy atom. The topological polar surface area (TPSA) is 103 Å². The predicted octanol–water partition coefficient (Wildman–Crippen LogP) is -2.26. The number of fused-ring (bicyclic) bond motifs is 1. The van der Waals surface area contributed by atoms with Crippen molar-refractivity contribution in [2.24, 2.45) is 17.0 Å². The van der Waals surface area contributed by atoms with Crippen LogP contribution in [0.25, 0.3) is 0 Å². The van der Waals surface area contributed by atoms with E-state index in [0.29, 0.717) is 0 Å². The minimum Gasteiger partial charge on any atom is -0.369 e. The highest BCUT2D eigenvalue weighted by molar-refractivity contribution is 5.77. The molecular formula is C6H5N5O2. The van der Waals surface area contributed by atoms with E-state index in [1.165, 1.54) is 7.05 Å². The van der Waals surface area contributed by atoms with Gasteiger partial charge in [-0.3, -0.25) is 9.36 Å². The summed E-state index contributed by atoms with van der Waals surface area (Å²) in [7, 11) is 1.45. The van der Waals surface area contributed by atoms with Gasteiger partial charge in [-0.15, -0.1) is 0 Å². The largest absolute Gasteiger partial charge is 0.370 e. The maximum absolute atomic E-state index is 11.4.